The van der Waals surface area contributed by atoms with Crippen molar-refractivity contribution >= 4 is 33.8 Å². The normalized spacial score (nSPS) is 22.4. The van der Waals surface area contributed by atoms with E-state index in [-0.39, 0.29) is 5.25 Å². The SMILES string of the molecule is Cc1ccc(F)c(C2OC[C@H](SN3Cc4cn(S(C)(=O)=O)nc4C3)C/C2=N\C(=O)OC(C)(C)C)c1. The highest BCUT2D eigenvalue weighted by Crippen LogP contribution is 2.37. The zero-order valence-electron chi connectivity index (χ0n) is 20.3. The van der Waals surface area contributed by atoms with E-state index in [9.17, 15) is 17.6 Å². The van der Waals surface area contributed by atoms with Crippen molar-refractivity contribution in [3.8, 4) is 0 Å². The smallest absolute Gasteiger partial charge is 0.434 e. The predicted octanol–water partition coefficient (Wildman–Crippen LogP) is 4.01. The molecule has 0 radical (unpaired) electrons. The van der Waals surface area contributed by atoms with Crippen molar-refractivity contribution in [1.29, 1.82) is 0 Å². The fourth-order valence-corrected chi connectivity index (χ4v) is 5.74. The second-order valence-corrected chi connectivity index (χ2v) is 13.0. The Morgan fingerprint density at radius 3 is 2.71 bits per heavy atom. The van der Waals surface area contributed by atoms with Gasteiger partial charge >= 0.3 is 6.09 Å². The van der Waals surface area contributed by atoms with Crippen LogP contribution in [0.3, 0.4) is 0 Å². The largest absolute Gasteiger partial charge is 0.442 e. The third-order valence-corrected chi connectivity index (χ3v) is 7.44. The van der Waals surface area contributed by atoms with E-state index in [1.807, 2.05) is 6.92 Å². The van der Waals surface area contributed by atoms with E-state index in [2.05, 4.69) is 14.4 Å². The second kappa shape index (κ2) is 9.64. The van der Waals surface area contributed by atoms with Gasteiger partial charge in [0.05, 0.1) is 30.8 Å². The van der Waals surface area contributed by atoms with Gasteiger partial charge in [0.1, 0.15) is 17.5 Å². The van der Waals surface area contributed by atoms with Gasteiger partial charge in [0.25, 0.3) is 10.0 Å². The first kappa shape index (κ1) is 25.8. The molecular weight excluding hydrogens is 495 g/mol. The van der Waals surface area contributed by atoms with Gasteiger partial charge in [-0.1, -0.05) is 29.6 Å². The topological polar surface area (TPSA) is 103 Å². The Bertz CT molecular complexity index is 1250. The average molecular weight is 525 g/mol. The van der Waals surface area contributed by atoms with E-state index in [0.29, 0.717) is 43.1 Å². The van der Waals surface area contributed by atoms with E-state index in [4.69, 9.17) is 9.47 Å². The second-order valence-electron chi connectivity index (χ2n) is 9.79. The van der Waals surface area contributed by atoms with E-state index in [0.717, 1.165) is 21.5 Å². The summed E-state index contributed by atoms with van der Waals surface area (Å²) in [6.45, 7) is 8.46. The van der Waals surface area contributed by atoms with Crippen LogP contribution in [0.1, 0.15) is 55.7 Å². The zero-order valence-corrected chi connectivity index (χ0v) is 22.0. The molecule has 2 aliphatic heterocycles. The molecule has 1 aromatic heterocycles. The number of carbonyl (C=O) groups is 1. The van der Waals surface area contributed by atoms with Crippen molar-refractivity contribution in [3.05, 3.63) is 52.6 Å². The fourth-order valence-electron chi connectivity index (χ4n) is 3.96. The molecule has 0 spiro atoms. The lowest BCUT2D eigenvalue weighted by atomic mass is 9.97. The lowest BCUT2D eigenvalue weighted by molar-refractivity contribution is 0.0580. The minimum Gasteiger partial charge on any atom is -0.442 e. The summed E-state index contributed by atoms with van der Waals surface area (Å²) >= 11 is 1.53. The molecule has 190 valence electrons. The number of hydrogen-bond donors (Lipinski definition) is 0. The number of aryl methyl sites for hydroxylation is 1. The molecule has 2 aromatic rings. The van der Waals surface area contributed by atoms with Crippen molar-refractivity contribution < 1.29 is 27.1 Å². The van der Waals surface area contributed by atoms with Crippen LogP contribution in [-0.4, -0.2) is 57.4 Å². The maximum Gasteiger partial charge on any atom is 0.434 e. The maximum absolute atomic E-state index is 14.7. The Morgan fingerprint density at radius 2 is 2.06 bits per heavy atom. The molecule has 4 rings (SSSR count). The number of aromatic nitrogens is 2. The minimum atomic E-state index is -3.43. The first-order valence-electron chi connectivity index (χ1n) is 11.2. The number of hydrogen-bond acceptors (Lipinski definition) is 8. The fraction of sp³-hybridized carbons (Fsp3) is 0.522. The van der Waals surface area contributed by atoms with Gasteiger partial charge in [-0.05, 0) is 33.8 Å². The Hall–Kier alpha value is -2.28. The molecule has 0 aliphatic carbocycles. The number of rotatable bonds is 4. The van der Waals surface area contributed by atoms with Crippen LogP contribution in [0.25, 0.3) is 0 Å². The molecule has 1 unspecified atom stereocenters. The number of aliphatic imine (C=N–C) groups is 1. The lowest BCUT2D eigenvalue weighted by Crippen LogP contribution is -2.34. The molecule has 2 atom stereocenters. The Labute approximate surface area is 208 Å². The summed E-state index contributed by atoms with van der Waals surface area (Å²) < 4.78 is 52.6. The first-order chi connectivity index (χ1) is 16.3. The summed E-state index contributed by atoms with van der Waals surface area (Å²) in [4.78, 5) is 16.7. The van der Waals surface area contributed by atoms with Crippen LogP contribution in [0, 0.1) is 12.7 Å². The summed E-state index contributed by atoms with van der Waals surface area (Å²) in [5.74, 6) is -0.420. The van der Waals surface area contributed by atoms with Crippen LogP contribution in [-0.2, 0) is 32.6 Å². The van der Waals surface area contributed by atoms with Crippen molar-refractivity contribution in [2.75, 3.05) is 12.9 Å². The van der Waals surface area contributed by atoms with Crippen molar-refractivity contribution in [3.63, 3.8) is 0 Å². The quantitative estimate of drug-likeness (QED) is 0.553. The standard InChI is InChI=1S/C23H29FN4O5S2/c1-14-6-7-18(24)17(8-14)21-19(25-22(29)33-23(2,3)4)9-16(13-32-21)34-27-10-15-11-28(35(5,30)31)26-20(15)12-27/h6-8,11,16,21H,9-10,12-13H2,1-5H3/b25-19+/t16-,21?/m1/s1. The molecule has 9 nitrogen and oxygen atoms in total. The number of benzene rings is 1. The van der Waals surface area contributed by atoms with Gasteiger partial charge in [0.15, 0.2) is 0 Å². The molecule has 12 heteroatoms. The molecule has 35 heavy (non-hydrogen) atoms. The highest BCUT2D eigenvalue weighted by Gasteiger charge is 2.35. The van der Waals surface area contributed by atoms with E-state index >= 15 is 0 Å². The zero-order chi connectivity index (χ0) is 25.5. The monoisotopic (exact) mass is 524 g/mol. The number of carbonyl (C=O) groups excluding carboxylic acids is 1. The van der Waals surface area contributed by atoms with Crippen molar-refractivity contribution in [1.82, 2.24) is 13.5 Å². The molecular formula is C23H29FN4O5S2. The van der Waals surface area contributed by atoms with Gasteiger partial charge in [-0.3, -0.25) is 0 Å². The predicted molar refractivity (Wildman–Crippen MR) is 131 cm³/mol. The van der Waals surface area contributed by atoms with Gasteiger partial charge in [-0.2, -0.15) is 14.2 Å². The molecule has 0 bridgehead atoms. The van der Waals surface area contributed by atoms with Gasteiger partial charge in [0.2, 0.25) is 0 Å². The van der Waals surface area contributed by atoms with Crippen LogP contribution < -0.4 is 0 Å². The number of halogens is 1. The number of nitrogens with zero attached hydrogens (tertiary/aromatic N) is 4. The van der Waals surface area contributed by atoms with Gasteiger partial charge in [0, 0.05) is 35.5 Å². The van der Waals surface area contributed by atoms with Crippen LogP contribution in [0.2, 0.25) is 0 Å². The minimum absolute atomic E-state index is 0.0775. The molecule has 0 N–H and O–H groups in total. The van der Waals surface area contributed by atoms with Crippen LogP contribution >= 0.6 is 11.9 Å². The third-order valence-electron chi connectivity index (χ3n) is 5.42. The third kappa shape index (κ3) is 6.29. The van der Waals surface area contributed by atoms with Gasteiger partial charge in [-0.25, -0.2) is 21.9 Å². The number of fused-ring (bicyclic) bond motifs is 1. The van der Waals surface area contributed by atoms with Crippen molar-refractivity contribution in [2.24, 2.45) is 4.99 Å². The molecule has 1 amide bonds. The molecule has 1 fully saturated rings. The number of ether oxygens (including phenoxy) is 2. The Kier molecular flexibility index (Phi) is 7.11. The first-order valence-corrected chi connectivity index (χ1v) is 13.8. The van der Waals surface area contributed by atoms with Crippen LogP contribution in [0.5, 0.6) is 0 Å². The summed E-state index contributed by atoms with van der Waals surface area (Å²) in [6, 6.07) is 4.77. The van der Waals surface area contributed by atoms with E-state index < -0.39 is 33.6 Å². The van der Waals surface area contributed by atoms with E-state index in [1.165, 1.54) is 24.2 Å². The van der Waals surface area contributed by atoms with Gasteiger partial charge < -0.3 is 9.47 Å². The van der Waals surface area contributed by atoms with Gasteiger partial charge in [-0.15, -0.1) is 0 Å². The maximum atomic E-state index is 14.7. The van der Waals surface area contributed by atoms with Crippen LogP contribution in [0.15, 0.2) is 29.4 Å². The van der Waals surface area contributed by atoms with Crippen LogP contribution in [0.4, 0.5) is 9.18 Å². The summed E-state index contributed by atoms with van der Waals surface area (Å²) in [7, 11) is -3.43. The summed E-state index contributed by atoms with van der Waals surface area (Å²) in [5, 5.41) is 4.10. The van der Waals surface area contributed by atoms with E-state index in [1.54, 1.807) is 32.9 Å². The number of amides is 1. The Morgan fingerprint density at radius 1 is 1.31 bits per heavy atom. The van der Waals surface area contributed by atoms with Crippen molar-refractivity contribution in [2.45, 2.75) is 64.2 Å². The molecule has 3 heterocycles. The summed E-state index contributed by atoms with van der Waals surface area (Å²) in [5.41, 5.74) is 2.47. The molecule has 1 aromatic carbocycles. The average Bonchev–Trinajstić information content (AvgIpc) is 3.27. The highest BCUT2D eigenvalue weighted by molar-refractivity contribution is 7.97. The molecule has 0 saturated carbocycles. The highest BCUT2D eigenvalue weighted by atomic mass is 32.2. The lowest BCUT2D eigenvalue weighted by Gasteiger charge is -2.32. The molecule has 2 aliphatic rings. The Balaban J connectivity index is 1.51. The summed E-state index contributed by atoms with van der Waals surface area (Å²) in [6.07, 6.45) is 1.53. The molecule has 1 saturated heterocycles.